The molecule has 0 aromatic carbocycles. The van der Waals surface area contributed by atoms with Gasteiger partial charge in [-0.2, -0.15) is 0 Å². The summed E-state index contributed by atoms with van der Waals surface area (Å²) in [5.74, 6) is 1.18. The summed E-state index contributed by atoms with van der Waals surface area (Å²) < 4.78 is 2.33. The number of hydrogen-bond acceptors (Lipinski definition) is 1. The Morgan fingerprint density at radius 2 is 1.81 bits per heavy atom. The minimum atomic E-state index is 0.988. The molecule has 0 amide bonds. The zero-order valence-corrected chi connectivity index (χ0v) is 10.8. The highest BCUT2D eigenvalue weighted by atomic mass is 15.1. The van der Waals surface area contributed by atoms with Gasteiger partial charge < -0.3 is 4.57 Å². The van der Waals surface area contributed by atoms with E-state index in [0.717, 1.165) is 25.1 Å². The molecular formula is C14H22N2. The lowest BCUT2D eigenvalue weighted by atomic mass is 10.2. The molecule has 0 atom stereocenters. The molecule has 2 heteroatoms. The Morgan fingerprint density at radius 3 is 2.31 bits per heavy atom. The average molecular weight is 218 g/mol. The zero-order valence-electron chi connectivity index (χ0n) is 10.8. The first-order valence-electron chi connectivity index (χ1n) is 6.13. The molecule has 0 saturated carbocycles. The van der Waals surface area contributed by atoms with Crippen molar-refractivity contribution in [3.05, 3.63) is 29.4 Å². The van der Waals surface area contributed by atoms with E-state index in [-0.39, 0.29) is 0 Å². The number of nitrogens with zero attached hydrogens (tertiary/aromatic N) is 2. The van der Waals surface area contributed by atoms with Gasteiger partial charge in [-0.1, -0.05) is 26.0 Å². The summed E-state index contributed by atoms with van der Waals surface area (Å²) in [7, 11) is 0. The summed E-state index contributed by atoms with van der Waals surface area (Å²) in [4.78, 5) is 4.68. The van der Waals surface area contributed by atoms with Gasteiger partial charge in [-0.25, -0.2) is 4.98 Å². The largest absolute Gasteiger partial charge is 0.328 e. The van der Waals surface area contributed by atoms with Gasteiger partial charge in [-0.3, -0.25) is 0 Å². The quantitative estimate of drug-likeness (QED) is 0.732. The van der Waals surface area contributed by atoms with Gasteiger partial charge in [0.05, 0.1) is 11.4 Å². The van der Waals surface area contributed by atoms with Crippen molar-refractivity contribution in [1.82, 2.24) is 9.55 Å². The molecule has 2 nitrogen and oxygen atoms in total. The molecule has 0 aliphatic heterocycles. The molecule has 1 heterocycles. The van der Waals surface area contributed by atoms with Crippen molar-refractivity contribution in [3.63, 3.8) is 0 Å². The summed E-state index contributed by atoms with van der Waals surface area (Å²) in [6.07, 6.45) is 10.5. The molecule has 0 aliphatic rings. The molecule has 1 aromatic rings. The van der Waals surface area contributed by atoms with Gasteiger partial charge in [0.1, 0.15) is 5.82 Å². The highest BCUT2D eigenvalue weighted by Crippen LogP contribution is 2.17. The summed E-state index contributed by atoms with van der Waals surface area (Å²) in [5.41, 5.74) is 2.32. The van der Waals surface area contributed by atoms with Crippen LogP contribution < -0.4 is 0 Å². The van der Waals surface area contributed by atoms with Crippen molar-refractivity contribution in [2.75, 3.05) is 0 Å². The van der Waals surface area contributed by atoms with Gasteiger partial charge in [0.15, 0.2) is 0 Å². The molecule has 0 aliphatic carbocycles. The predicted molar refractivity (Wildman–Crippen MR) is 71.3 cm³/mol. The number of imidazole rings is 1. The standard InChI is InChI=1S/C14H22N2/c1-5-9-12-13(10-6-2)16(11-7-3)14(8-4)15-12/h5-6,9-10H,7-8,11H2,1-4H3/b9-5-,10-6+. The van der Waals surface area contributed by atoms with Gasteiger partial charge >= 0.3 is 0 Å². The molecule has 0 N–H and O–H groups in total. The van der Waals surface area contributed by atoms with E-state index in [1.165, 1.54) is 11.5 Å². The van der Waals surface area contributed by atoms with Crippen LogP contribution in [0.4, 0.5) is 0 Å². The lowest BCUT2D eigenvalue weighted by Crippen LogP contribution is -2.04. The van der Waals surface area contributed by atoms with Crippen molar-refractivity contribution >= 4 is 12.2 Å². The molecule has 0 saturated heterocycles. The summed E-state index contributed by atoms with van der Waals surface area (Å²) in [6.45, 7) is 9.49. The van der Waals surface area contributed by atoms with Gasteiger partial charge in [0.2, 0.25) is 0 Å². The van der Waals surface area contributed by atoms with Crippen LogP contribution in [-0.2, 0) is 13.0 Å². The van der Waals surface area contributed by atoms with Crippen LogP contribution in [0, 0.1) is 0 Å². The van der Waals surface area contributed by atoms with Crippen molar-refractivity contribution < 1.29 is 0 Å². The SMILES string of the molecule is C/C=C\c1nc(CC)n(CCC)c1/C=C/C. The number of aryl methyl sites for hydroxylation is 1. The van der Waals surface area contributed by atoms with Crippen LogP contribution in [0.2, 0.25) is 0 Å². The molecule has 0 bridgehead atoms. The van der Waals surface area contributed by atoms with Gasteiger partial charge in [-0.15, -0.1) is 0 Å². The van der Waals surface area contributed by atoms with Crippen LogP contribution in [0.1, 0.15) is 51.3 Å². The van der Waals surface area contributed by atoms with E-state index >= 15 is 0 Å². The third kappa shape index (κ3) is 2.63. The van der Waals surface area contributed by atoms with Crippen LogP contribution in [0.15, 0.2) is 12.2 Å². The Labute approximate surface area is 98.7 Å². The maximum atomic E-state index is 4.68. The Balaban J connectivity index is 3.28. The molecule has 1 rings (SSSR count). The third-order valence-electron chi connectivity index (χ3n) is 2.53. The number of aromatic nitrogens is 2. The Hall–Kier alpha value is -1.31. The van der Waals surface area contributed by atoms with Crippen LogP contribution in [0.3, 0.4) is 0 Å². The molecule has 0 fully saturated rings. The molecule has 0 radical (unpaired) electrons. The van der Waals surface area contributed by atoms with E-state index in [2.05, 4.69) is 41.6 Å². The second-order valence-corrected chi connectivity index (χ2v) is 3.80. The van der Waals surface area contributed by atoms with Crippen molar-refractivity contribution in [1.29, 1.82) is 0 Å². The van der Waals surface area contributed by atoms with Crippen molar-refractivity contribution in [2.45, 2.75) is 47.1 Å². The van der Waals surface area contributed by atoms with Crippen LogP contribution >= 0.6 is 0 Å². The maximum absolute atomic E-state index is 4.68. The van der Waals surface area contributed by atoms with E-state index < -0.39 is 0 Å². The van der Waals surface area contributed by atoms with Crippen molar-refractivity contribution in [3.8, 4) is 0 Å². The Kier molecular flexibility index (Phi) is 5.03. The van der Waals surface area contributed by atoms with E-state index in [1.807, 2.05) is 19.9 Å². The second-order valence-electron chi connectivity index (χ2n) is 3.80. The molecule has 16 heavy (non-hydrogen) atoms. The second kappa shape index (κ2) is 6.31. The first-order chi connectivity index (χ1) is 7.78. The van der Waals surface area contributed by atoms with Gasteiger partial charge in [0.25, 0.3) is 0 Å². The Bertz CT molecular complexity index is 384. The molecule has 88 valence electrons. The summed E-state index contributed by atoms with van der Waals surface area (Å²) in [6, 6.07) is 0. The zero-order chi connectivity index (χ0) is 12.0. The van der Waals surface area contributed by atoms with Crippen molar-refractivity contribution in [2.24, 2.45) is 0 Å². The first-order valence-corrected chi connectivity index (χ1v) is 6.13. The lowest BCUT2D eigenvalue weighted by Gasteiger charge is -2.07. The van der Waals surface area contributed by atoms with Crippen LogP contribution in [0.25, 0.3) is 12.2 Å². The summed E-state index contributed by atoms with van der Waals surface area (Å²) in [5, 5.41) is 0. The monoisotopic (exact) mass is 218 g/mol. The predicted octanol–water partition coefficient (Wildman–Crippen LogP) is 3.92. The fourth-order valence-electron chi connectivity index (χ4n) is 1.89. The molecular weight excluding hydrogens is 196 g/mol. The topological polar surface area (TPSA) is 17.8 Å². The Morgan fingerprint density at radius 1 is 1.12 bits per heavy atom. The first kappa shape index (κ1) is 12.8. The third-order valence-corrected chi connectivity index (χ3v) is 2.53. The van der Waals surface area contributed by atoms with E-state index in [0.29, 0.717) is 0 Å². The lowest BCUT2D eigenvalue weighted by molar-refractivity contribution is 0.638. The highest BCUT2D eigenvalue weighted by molar-refractivity contribution is 5.60. The van der Waals surface area contributed by atoms with Crippen LogP contribution in [0.5, 0.6) is 0 Å². The van der Waals surface area contributed by atoms with Gasteiger partial charge in [0, 0.05) is 13.0 Å². The smallest absolute Gasteiger partial charge is 0.109 e. The summed E-state index contributed by atoms with van der Waals surface area (Å²) >= 11 is 0. The minimum Gasteiger partial charge on any atom is -0.328 e. The molecule has 1 aromatic heterocycles. The number of hydrogen-bond donors (Lipinski definition) is 0. The maximum Gasteiger partial charge on any atom is 0.109 e. The average Bonchev–Trinajstić information content (AvgIpc) is 2.60. The highest BCUT2D eigenvalue weighted by Gasteiger charge is 2.10. The normalized spacial score (nSPS) is 12.0. The number of rotatable bonds is 5. The fourth-order valence-corrected chi connectivity index (χ4v) is 1.89. The van der Waals surface area contributed by atoms with Crippen LogP contribution in [-0.4, -0.2) is 9.55 Å². The van der Waals surface area contributed by atoms with E-state index in [4.69, 9.17) is 0 Å². The number of allylic oxidation sites excluding steroid dienone is 2. The van der Waals surface area contributed by atoms with E-state index in [9.17, 15) is 0 Å². The molecule has 0 unspecified atom stereocenters. The van der Waals surface area contributed by atoms with Gasteiger partial charge in [-0.05, 0) is 32.4 Å². The minimum absolute atomic E-state index is 0.988. The fraction of sp³-hybridized carbons (Fsp3) is 0.500. The van der Waals surface area contributed by atoms with E-state index in [1.54, 1.807) is 0 Å². The molecule has 0 spiro atoms.